The number of carbonyl (C=O) groups excluding carboxylic acids is 1. The second kappa shape index (κ2) is 12.1. The van der Waals surface area contributed by atoms with E-state index < -0.39 is 42.4 Å². The highest BCUT2D eigenvalue weighted by Crippen LogP contribution is 2.37. The van der Waals surface area contributed by atoms with Crippen molar-refractivity contribution in [3.63, 3.8) is 0 Å². The fourth-order valence-electron chi connectivity index (χ4n) is 3.78. The first-order valence-corrected chi connectivity index (χ1v) is 11.2. The number of hydrogen-bond acceptors (Lipinski definition) is 5. The third-order valence-electron chi connectivity index (χ3n) is 5.53. The zero-order valence-electron chi connectivity index (χ0n) is 19.5. The third kappa shape index (κ3) is 7.02. The monoisotopic (exact) mass is 529 g/mol. The molecule has 0 bridgehead atoms. The third-order valence-corrected chi connectivity index (χ3v) is 5.53. The lowest BCUT2D eigenvalue weighted by Gasteiger charge is -2.20. The molecule has 0 aliphatic rings. The largest absolute Gasteiger partial charge is 0.431 e. The van der Waals surface area contributed by atoms with Gasteiger partial charge >= 0.3 is 13.2 Å². The van der Waals surface area contributed by atoms with E-state index in [1.54, 1.807) is 36.7 Å². The Morgan fingerprint density at radius 1 is 0.816 bits per heavy atom. The summed E-state index contributed by atoms with van der Waals surface area (Å²) in [5.41, 5.74) is 2.23. The molecule has 0 aliphatic heterocycles. The van der Waals surface area contributed by atoms with Crippen LogP contribution in [0.5, 0.6) is 11.5 Å². The molecule has 0 spiro atoms. The van der Waals surface area contributed by atoms with Gasteiger partial charge in [-0.15, -0.1) is 0 Å². The normalized spacial score (nSPS) is 11.9. The van der Waals surface area contributed by atoms with Crippen LogP contribution in [0.2, 0.25) is 0 Å². The number of nitrogens with one attached hydrogen (secondary N) is 1. The lowest BCUT2D eigenvalue weighted by atomic mass is 9.87. The molecule has 0 aliphatic carbocycles. The predicted octanol–water partition coefficient (Wildman–Crippen LogP) is 6.45. The number of pyridine rings is 2. The summed E-state index contributed by atoms with van der Waals surface area (Å²) in [4.78, 5) is 20.7. The molecule has 4 aromatic rings. The Kier molecular flexibility index (Phi) is 8.47. The number of anilines is 1. The standard InChI is InChI=1S/C27H20F5N3O3/c28-20-5-1-17(2-6-20)25(36)35-24-8-4-19(15-34-24)21(13-16-9-11-33-12-10-16)18-3-7-22(37-26(29)30)23(14-18)38-27(31)32/h1-12,14-15,21,26-27H,13H2,(H,34,35,36). The fraction of sp³-hybridized carbons (Fsp3) is 0.148. The molecule has 2 aromatic heterocycles. The average Bonchev–Trinajstić information content (AvgIpc) is 2.89. The number of nitrogens with zero attached hydrogens (tertiary/aromatic N) is 2. The van der Waals surface area contributed by atoms with E-state index in [-0.39, 0.29) is 11.4 Å². The van der Waals surface area contributed by atoms with Gasteiger partial charge in [-0.25, -0.2) is 9.37 Å². The molecule has 11 heteroatoms. The summed E-state index contributed by atoms with van der Waals surface area (Å²) >= 11 is 0. The highest BCUT2D eigenvalue weighted by molar-refractivity contribution is 6.03. The number of alkyl halides is 4. The zero-order chi connectivity index (χ0) is 27.1. The van der Waals surface area contributed by atoms with Crippen molar-refractivity contribution < 1.29 is 36.2 Å². The van der Waals surface area contributed by atoms with Crippen molar-refractivity contribution in [2.24, 2.45) is 0 Å². The summed E-state index contributed by atoms with van der Waals surface area (Å²) in [6.45, 7) is -6.48. The number of benzene rings is 2. The number of rotatable bonds is 10. The van der Waals surface area contributed by atoms with Crippen molar-refractivity contribution in [1.29, 1.82) is 0 Å². The Balaban J connectivity index is 1.64. The lowest BCUT2D eigenvalue weighted by Crippen LogP contribution is -2.13. The van der Waals surface area contributed by atoms with E-state index in [0.717, 1.165) is 11.6 Å². The molecule has 6 nitrogen and oxygen atoms in total. The Bertz CT molecular complexity index is 1360. The van der Waals surface area contributed by atoms with Crippen molar-refractivity contribution in [2.45, 2.75) is 25.6 Å². The van der Waals surface area contributed by atoms with Gasteiger partial charge in [0.25, 0.3) is 5.91 Å². The Morgan fingerprint density at radius 2 is 1.47 bits per heavy atom. The molecule has 0 saturated heterocycles. The van der Waals surface area contributed by atoms with Crippen LogP contribution in [0.1, 0.15) is 33.0 Å². The van der Waals surface area contributed by atoms with Gasteiger partial charge in [0.2, 0.25) is 0 Å². The predicted molar refractivity (Wildman–Crippen MR) is 128 cm³/mol. The summed E-state index contributed by atoms with van der Waals surface area (Å²) in [5.74, 6) is -2.25. The molecule has 1 N–H and O–H groups in total. The molecule has 0 fully saturated rings. The van der Waals surface area contributed by atoms with Gasteiger partial charge < -0.3 is 14.8 Å². The number of hydrogen-bond donors (Lipinski definition) is 1. The van der Waals surface area contributed by atoms with Crippen LogP contribution in [0.4, 0.5) is 27.8 Å². The summed E-state index contributed by atoms with van der Waals surface area (Å²) in [6.07, 6.45) is 5.09. The molecule has 196 valence electrons. The minimum Gasteiger partial charge on any atom is -0.431 e. The van der Waals surface area contributed by atoms with Crippen molar-refractivity contribution in [3.8, 4) is 11.5 Å². The molecule has 0 saturated carbocycles. The molecule has 1 unspecified atom stereocenters. The van der Waals surface area contributed by atoms with E-state index in [9.17, 15) is 26.7 Å². The first kappa shape index (κ1) is 26.5. The smallest absolute Gasteiger partial charge is 0.387 e. The second-order valence-corrected chi connectivity index (χ2v) is 8.01. The Hall–Kier alpha value is -4.54. The van der Waals surface area contributed by atoms with Crippen LogP contribution in [0.3, 0.4) is 0 Å². The molecule has 0 radical (unpaired) electrons. The fourth-order valence-corrected chi connectivity index (χ4v) is 3.78. The highest BCUT2D eigenvalue weighted by atomic mass is 19.3. The Labute approximate surface area is 214 Å². The van der Waals surface area contributed by atoms with Crippen LogP contribution in [0, 0.1) is 5.82 Å². The minimum absolute atomic E-state index is 0.230. The topological polar surface area (TPSA) is 73.3 Å². The van der Waals surface area contributed by atoms with Crippen LogP contribution in [0.25, 0.3) is 0 Å². The van der Waals surface area contributed by atoms with Crippen molar-refractivity contribution in [2.75, 3.05) is 5.32 Å². The van der Waals surface area contributed by atoms with Gasteiger partial charge in [0.05, 0.1) is 0 Å². The van der Waals surface area contributed by atoms with Crippen LogP contribution in [-0.4, -0.2) is 29.1 Å². The Morgan fingerprint density at radius 3 is 2.11 bits per heavy atom. The highest BCUT2D eigenvalue weighted by Gasteiger charge is 2.21. The summed E-state index contributed by atoms with van der Waals surface area (Å²) in [5, 5.41) is 2.62. The van der Waals surface area contributed by atoms with Gasteiger partial charge in [-0.2, -0.15) is 17.6 Å². The quantitative estimate of drug-likeness (QED) is 0.239. The van der Waals surface area contributed by atoms with Gasteiger partial charge in [0.1, 0.15) is 11.6 Å². The zero-order valence-corrected chi connectivity index (χ0v) is 19.5. The van der Waals surface area contributed by atoms with Crippen LogP contribution in [-0.2, 0) is 6.42 Å². The summed E-state index contributed by atoms with van der Waals surface area (Å²) in [6, 6.07) is 15.7. The van der Waals surface area contributed by atoms with Crippen LogP contribution in [0.15, 0.2) is 85.3 Å². The molecular weight excluding hydrogens is 509 g/mol. The molecular formula is C27H20F5N3O3. The molecule has 4 rings (SSSR count). The molecule has 2 heterocycles. The number of amides is 1. The van der Waals surface area contributed by atoms with Gasteiger partial charge in [-0.3, -0.25) is 9.78 Å². The molecule has 1 atom stereocenters. The van der Waals surface area contributed by atoms with Crippen molar-refractivity contribution >= 4 is 11.7 Å². The van der Waals surface area contributed by atoms with Gasteiger partial charge in [-0.1, -0.05) is 12.1 Å². The molecule has 1 amide bonds. The summed E-state index contributed by atoms with van der Waals surface area (Å²) < 4.78 is 73.4. The number of aromatic nitrogens is 2. The first-order valence-electron chi connectivity index (χ1n) is 11.2. The van der Waals surface area contributed by atoms with Crippen molar-refractivity contribution in [3.05, 3.63) is 113 Å². The maximum absolute atomic E-state index is 13.1. The van der Waals surface area contributed by atoms with E-state index in [1.165, 1.54) is 42.6 Å². The lowest BCUT2D eigenvalue weighted by molar-refractivity contribution is -0.0692. The van der Waals surface area contributed by atoms with Crippen LogP contribution < -0.4 is 14.8 Å². The number of halogens is 5. The molecule has 2 aromatic carbocycles. The minimum atomic E-state index is -3.26. The van der Waals surface area contributed by atoms with E-state index in [0.29, 0.717) is 17.5 Å². The second-order valence-electron chi connectivity index (χ2n) is 8.01. The van der Waals surface area contributed by atoms with E-state index in [1.807, 2.05) is 0 Å². The first-order chi connectivity index (χ1) is 18.3. The van der Waals surface area contributed by atoms with Gasteiger partial charge in [0, 0.05) is 30.1 Å². The van der Waals surface area contributed by atoms with Crippen molar-refractivity contribution in [1.82, 2.24) is 9.97 Å². The number of ether oxygens (including phenoxy) is 2. The van der Waals surface area contributed by atoms with E-state index >= 15 is 0 Å². The maximum Gasteiger partial charge on any atom is 0.387 e. The SMILES string of the molecule is O=C(Nc1ccc(C(Cc2ccncc2)c2ccc(OC(F)F)c(OC(F)F)c2)cn1)c1ccc(F)cc1. The molecule has 38 heavy (non-hydrogen) atoms. The van der Waals surface area contributed by atoms with Gasteiger partial charge in [-0.05, 0) is 77.7 Å². The van der Waals surface area contributed by atoms with Gasteiger partial charge in [0.15, 0.2) is 11.5 Å². The van der Waals surface area contributed by atoms with E-state index in [2.05, 4.69) is 24.8 Å². The van der Waals surface area contributed by atoms with E-state index in [4.69, 9.17) is 0 Å². The van der Waals surface area contributed by atoms with Crippen LogP contribution >= 0.6 is 0 Å². The number of carbonyl (C=O) groups is 1. The average molecular weight is 529 g/mol. The summed E-state index contributed by atoms with van der Waals surface area (Å²) in [7, 11) is 0. The maximum atomic E-state index is 13.1.